The zero-order valence-electron chi connectivity index (χ0n) is 14.0. The third-order valence-corrected chi connectivity index (χ3v) is 5.37. The number of allylic oxidation sites excluding steroid dienone is 1. The summed E-state index contributed by atoms with van der Waals surface area (Å²) in [7, 11) is -1.36. The van der Waals surface area contributed by atoms with Crippen LogP contribution in [0.15, 0.2) is 46.5 Å². The summed E-state index contributed by atoms with van der Waals surface area (Å²) in [6.45, 7) is 2.85. The summed E-state index contributed by atoms with van der Waals surface area (Å²) >= 11 is 0. The predicted octanol–water partition coefficient (Wildman–Crippen LogP) is 1.96. The van der Waals surface area contributed by atoms with Crippen molar-refractivity contribution < 1.29 is 23.6 Å². The van der Waals surface area contributed by atoms with Crippen molar-refractivity contribution in [2.75, 3.05) is 19.4 Å². The standard InChI is InChI=1S/C18H19NO5S/c1-3-24-12-6-4-11(5-7-12)17(20)16-15(25(2)23)10-14-13(18(21)22)8-9-19(14)16/h4-7,10,16H,3,8-9H2,1-2H3,(H,21,22). The molecule has 7 heteroatoms. The second kappa shape index (κ2) is 6.84. The molecule has 2 unspecified atom stereocenters. The van der Waals surface area contributed by atoms with Gasteiger partial charge in [0, 0.05) is 39.8 Å². The van der Waals surface area contributed by atoms with E-state index in [0.29, 0.717) is 41.5 Å². The van der Waals surface area contributed by atoms with E-state index in [1.54, 1.807) is 35.2 Å². The molecule has 1 aromatic rings. The van der Waals surface area contributed by atoms with Crippen molar-refractivity contribution in [3.63, 3.8) is 0 Å². The maximum atomic E-state index is 13.0. The minimum atomic E-state index is -1.36. The Balaban J connectivity index is 1.95. The zero-order chi connectivity index (χ0) is 18.1. The summed E-state index contributed by atoms with van der Waals surface area (Å²) < 4.78 is 17.5. The molecule has 0 aromatic heterocycles. The van der Waals surface area contributed by atoms with Gasteiger partial charge in [0.05, 0.1) is 12.2 Å². The Morgan fingerprint density at radius 3 is 2.56 bits per heavy atom. The number of benzene rings is 1. The molecule has 2 heterocycles. The predicted molar refractivity (Wildman–Crippen MR) is 93.9 cm³/mol. The number of carboxylic acid groups (broad SMARTS) is 1. The van der Waals surface area contributed by atoms with Gasteiger partial charge in [-0.05, 0) is 43.7 Å². The fraction of sp³-hybridized carbons (Fsp3) is 0.333. The Kier molecular flexibility index (Phi) is 4.76. The van der Waals surface area contributed by atoms with Gasteiger partial charge in [-0.15, -0.1) is 0 Å². The summed E-state index contributed by atoms with van der Waals surface area (Å²) in [5.74, 6) is -0.509. The molecular formula is C18H19NO5S. The second-order valence-corrected chi connectivity index (χ2v) is 7.22. The highest BCUT2D eigenvalue weighted by Crippen LogP contribution is 2.38. The first-order valence-corrected chi connectivity index (χ1v) is 9.55. The van der Waals surface area contributed by atoms with E-state index in [0.717, 1.165) is 0 Å². The molecule has 132 valence electrons. The summed E-state index contributed by atoms with van der Waals surface area (Å²) in [6, 6.07) is 6.09. The highest BCUT2D eigenvalue weighted by atomic mass is 32.2. The monoisotopic (exact) mass is 361 g/mol. The lowest BCUT2D eigenvalue weighted by Crippen LogP contribution is -2.37. The fourth-order valence-corrected chi connectivity index (χ4v) is 4.05. The number of rotatable bonds is 6. The number of Topliss-reactive ketones (excluding diaryl/α,β-unsaturated/α-hetero) is 1. The summed E-state index contributed by atoms with van der Waals surface area (Å²) in [6.07, 6.45) is 3.48. The number of fused-ring (bicyclic) bond motifs is 1. The van der Waals surface area contributed by atoms with Crippen molar-refractivity contribution >= 4 is 22.6 Å². The second-order valence-electron chi connectivity index (χ2n) is 5.84. The van der Waals surface area contributed by atoms with Crippen LogP contribution >= 0.6 is 0 Å². The van der Waals surface area contributed by atoms with Crippen LogP contribution in [-0.2, 0) is 15.6 Å². The Labute approximate surface area is 148 Å². The number of nitrogens with zero attached hydrogens (tertiary/aromatic N) is 1. The Morgan fingerprint density at radius 1 is 1.32 bits per heavy atom. The molecule has 25 heavy (non-hydrogen) atoms. The van der Waals surface area contributed by atoms with E-state index >= 15 is 0 Å². The van der Waals surface area contributed by atoms with Crippen LogP contribution in [-0.4, -0.2) is 51.4 Å². The van der Waals surface area contributed by atoms with E-state index in [1.165, 1.54) is 6.26 Å². The summed E-state index contributed by atoms with van der Waals surface area (Å²) in [5.41, 5.74) is 1.25. The van der Waals surface area contributed by atoms with Gasteiger partial charge in [-0.25, -0.2) is 4.79 Å². The van der Waals surface area contributed by atoms with Gasteiger partial charge in [0.15, 0.2) is 5.78 Å². The van der Waals surface area contributed by atoms with Crippen LogP contribution in [0.5, 0.6) is 5.75 Å². The first kappa shape index (κ1) is 17.4. The molecule has 0 bridgehead atoms. The number of carbonyl (C=O) groups excluding carboxylic acids is 1. The highest BCUT2D eigenvalue weighted by molar-refractivity contribution is 7.88. The molecule has 0 aliphatic carbocycles. The molecule has 1 aromatic carbocycles. The molecule has 0 saturated carbocycles. The lowest BCUT2D eigenvalue weighted by molar-refractivity contribution is -0.132. The number of ether oxygens (including phenoxy) is 1. The van der Waals surface area contributed by atoms with Gasteiger partial charge in [0.2, 0.25) is 0 Å². The van der Waals surface area contributed by atoms with Crippen molar-refractivity contribution in [1.29, 1.82) is 0 Å². The van der Waals surface area contributed by atoms with Gasteiger partial charge in [-0.2, -0.15) is 0 Å². The third-order valence-electron chi connectivity index (χ3n) is 4.37. The smallest absolute Gasteiger partial charge is 0.333 e. The maximum Gasteiger partial charge on any atom is 0.333 e. The van der Waals surface area contributed by atoms with Crippen LogP contribution < -0.4 is 4.74 Å². The summed E-state index contributed by atoms with van der Waals surface area (Å²) in [4.78, 5) is 26.6. The van der Waals surface area contributed by atoms with Gasteiger partial charge in [-0.3, -0.25) is 9.00 Å². The molecule has 2 aliphatic rings. The molecule has 2 atom stereocenters. The van der Waals surface area contributed by atoms with Gasteiger partial charge < -0.3 is 14.7 Å². The van der Waals surface area contributed by atoms with Gasteiger partial charge >= 0.3 is 5.97 Å². The Morgan fingerprint density at radius 2 is 2.00 bits per heavy atom. The van der Waals surface area contributed by atoms with Crippen LogP contribution in [0.3, 0.4) is 0 Å². The number of hydrogen-bond acceptors (Lipinski definition) is 5. The molecular weight excluding hydrogens is 342 g/mol. The zero-order valence-corrected chi connectivity index (χ0v) is 14.8. The van der Waals surface area contributed by atoms with E-state index in [4.69, 9.17) is 4.74 Å². The van der Waals surface area contributed by atoms with E-state index in [1.807, 2.05) is 6.92 Å². The maximum absolute atomic E-state index is 13.0. The average molecular weight is 361 g/mol. The minimum absolute atomic E-state index is 0.189. The molecule has 1 N–H and O–H groups in total. The van der Waals surface area contributed by atoms with Crippen LogP contribution in [0.2, 0.25) is 0 Å². The van der Waals surface area contributed by atoms with E-state index in [9.17, 15) is 18.9 Å². The Bertz CT molecular complexity index is 809. The average Bonchev–Trinajstić information content (AvgIpc) is 3.13. The van der Waals surface area contributed by atoms with Crippen molar-refractivity contribution in [3.05, 3.63) is 52.1 Å². The van der Waals surface area contributed by atoms with Crippen molar-refractivity contribution in [3.8, 4) is 5.75 Å². The molecule has 0 radical (unpaired) electrons. The third kappa shape index (κ3) is 3.11. The number of hydrogen-bond donors (Lipinski definition) is 1. The molecule has 2 aliphatic heterocycles. The molecule has 0 fully saturated rings. The Hall–Kier alpha value is -2.41. The molecule has 3 rings (SSSR count). The lowest BCUT2D eigenvalue weighted by atomic mass is 10.0. The number of ketones is 1. The first-order chi connectivity index (χ1) is 11.9. The SMILES string of the molecule is CCOc1ccc(C(=O)C2C(S(C)=O)=CC3=C(C(=O)O)CCN32)cc1. The van der Waals surface area contributed by atoms with E-state index < -0.39 is 22.8 Å². The van der Waals surface area contributed by atoms with Crippen LogP contribution in [0.4, 0.5) is 0 Å². The minimum Gasteiger partial charge on any atom is -0.494 e. The van der Waals surface area contributed by atoms with Gasteiger partial charge in [-0.1, -0.05) is 0 Å². The molecule has 0 spiro atoms. The molecule has 6 nitrogen and oxygen atoms in total. The highest BCUT2D eigenvalue weighted by Gasteiger charge is 2.42. The molecule has 0 saturated heterocycles. The lowest BCUT2D eigenvalue weighted by Gasteiger charge is -2.25. The number of carboxylic acids is 1. The van der Waals surface area contributed by atoms with E-state index in [-0.39, 0.29) is 11.4 Å². The topological polar surface area (TPSA) is 83.9 Å². The largest absolute Gasteiger partial charge is 0.494 e. The fourth-order valence-electron chi connectivity index (χ4n) is 3.23. The quantitative estimate of drug-likeness (QED) is 0.780. The summed E-state index contributed by atoms with van der Waals surface area (Å²) in [5, 5.41) is 9.32. The van der Waals surface area contributed by atoms with Crippen molar-refractivity contribution in [2.45, 2.75) is 19.4 Å². The van der Waals surface area contributed by atoms with Gasteiger partial charge in [0.25, 0.3) is 0 Å². The molecule has 0 amide bonds. The van der Waals surface area contributed by atoms with E-state index in [2.05, 4.69) is 0 Å². The van der Waals surface area contributed by atoms with Crippen LogP contribution in [0.1, 0.15) is 23.7 Å². The van der Waals surface area contributed by atoms with Crippen molar-refractivity contribution in [1.82, 2.24) is 4.90 Å². The first-order valence-electron chi connectivity index (χ1n) is 7.99. The number of aliphatic carboxylic acids is 1. The van der Waals surface area contributed by atoms with Crippen LogP contribution in [0.25, 0.3) is 0 Å². The van der Waals surface area contributed by atoms with Crippen molar-refractivity contribution in [2.24, 2.45) is 0 Å². The van der Waals surface area contributed by atoms with Gasteiger partial charge in [0.1, 0.15) is 11.8 Å². The number of carbonyl (C=O) groups is 2. The normalized spacial score (nSPS) is 20.3. The van der Waals surface area contributed by atoms with Crippen LogP contribution in [0, 0.1) is 0 Å².